The Hall–Kier alpha value is -2.93. The van der Waals surface area contributed by atoms with Gasteiger partial charge in [-0.1, -0.05) is 36.4 Å². The van der Waals surface area contributed by atoms with Gasteiger partial charge in [0.1, 0.15) is 11.6 Å². The number of imidazole rings is 1. The number of ether oxygens (including phenoxy) is 1. The summed E-state index contributed by atoms with van der Waals surface area (Å²) in [5, 5.41) is 0. The van der Waals surface area contributed by atoms with Crippen LogP contribution in [0.25, 0.3) is 33.7 Å². The summed E-state index contributed by atoms with van der Waals surface area (Å²) in [6.07, 6.45) is 1.82. The van der Waals surface area contributed by atoms with Crippen molar-refractivity contribution in [3.05, 3.63) is 66.4 Å². The van der Waals surface area contributed by atoms with E-state index in [1.54, 1.807) is 0 Å². The second kappa shape index (κ2) is 10.3. The van der Waals surface area contributed by atoms with Gasteiger partial charge in [-0.3, -0.25) is 4.90 Å². The van der Waals surface area contributed by atoms with Crippen molar-refractivity contribution in [3.63, 3.8) is 0 Å². The number of nitrogens with zero attached hydrogens (tertiary/aromatic N) is 4. The number of rotatable bonds is 6. The van der Waals surface area contributed by atoms with Gasteiger partial charge in [-0.25, -0.2) is 9.97 Å². The number of benzene rings is 2. The van der Waals surface area contributed by atoms with Crippen LogP contribution in [0, 0.1) is 0 Å². The first-order valence-electron chi connectivity index (χ1n) is 11.3. The molecule has 0 unspecified atom stereocenters. The third-order valence-corrected chi connectivity index (χ3v) is 6.10. The van der Waals surface area contributed by atoms with Crippen molar-refractivity contribution in [1.82, 2.24) is 24.8 Å². The highest BCUT2D eigenvalue weighted by Gasteiger charge is 2.15. The average molecular weight is 464 g/mol. The molecule has 0 bridgehead atoms. The number of aromatic nitrogens is 3. The minimum atomic E-state index is 0. The van der Waals surface area contributed by atoms with Gasteiger partial charge < -0.3 is 14.6 Å². The fourth-order valence-corrected chi connectivity index (χ4v) is 4.22. The van der Waals surface area contributed by atoms with Crippen LogP contribution >= 0.6 is 12.4 Å². The molecule has 0 spiro atoms. The molecule has 0 atom stereocenters. The van der Waals surface area contributed by atoms with E-state index >= 15 is 0 Å². The standard InChI is InChI=1S/C26H29N5O.ClH/c1-3-32-22-10-8-20(9-11-22)23-12-13-27-26-24(23)28-25(29-26)21-6-4-19(5-7-21)18-31-16-14-30(2)15-17-31;/h4-13H,3,14-18H2,1-2H3,(H,27,28,29);1H. The van der Waals surface area contributed by atoms with Crippen molar-refractivity contribution in [2.75, 3.05) is 39.8 Å². The van der Waals surface area contributed by atoms with Crippen LogP contribution in [-0.4, -0.2) is 64.6 Å². The second-order valence-electron chi connectivity index (χ2n) is 8.38. The summed E-state index contributed by atoms with van der Waals surface area (Å²) < 4.78 is 5.57. The summed E-state index contributed by atoms with van der Waals surface area (Å²) in [5.41, 5.74) is 6.29. The smallest absolute Gasteiger partial charge is 0.178 e. The van der Waals surface area contributed by atoms with E-state index in [0.717, 1.165) is 72.2 Å². The van der Waals surface area contributed by atoms with E-state index in [4.69, 9.17) is 9.72 Å². The number of H-pyrrole nitrogens is 1. The summed E-state index contributed by atoms with van der Waals surface area (Å²) >= 11 is 0. The SMILES string of the molecule is CCOc1ccc(-c2ccnc3nc(-c4ccc(CN5CCN(C)CC5)cc4)[nH]c23)cc1.Cl. The van der Waals surface area contributed by atoms with E-state index < -0.39 is 0 Å². The highest BCUT2D eigenvalue weighted by atomic mass is 35.5. The van der Waals surface area contributed by atoms with Crippen LogP contribution < -0.4 is 4.74 Å². The molecule has 1 aliphatic rings. The van der Waals surface area contributed by atoms with E-state index in [-0.39, 0.29) is 12.4 Å². The monoisotopic (exact) mass is 463 g/mol. The quantitative estimate of drug-likeness (QED) is 0.442. The molecule has 1 saturated heterocycles. The molecule has 172 valence electrons. The normalized spacial score (nSPS) is 14.8. The Balaban J connectivity index is 0.00000259. The number of piperazine rings is 1. The first-order chi connectivity index (χ1) is 15.7. The lowest BCUT2D eigenvalue weighted by atomic mass is 10.1. The van der Waals surface area contributed by atoms with E-state index in [9.17, 15) is 0 Å². The fraction of sp³-hybridized carbons (Fsp3) is 0.308. The first-order valence-corrected chi connectivity index (χ1v) is 11.3. The summed E-state index contributed by atoms with van der Waals surface area (Å²) in [5.74, 6) is 1.72. The van der Waals surface area contributed by atoms with Gasteiger partial charge in [0.2, 0.25) is 0 Å². The number of likely N-dealkylation sites (N-methyl/N-ethyl adjacent to an activating group) is 1. The highest BCUT2D eigenvalue weighted by molar-refractivity contribution is 5.91. The molecule has 0 aliphatic carbocycles. The maximum Gasteiger partial charge on any atom is 0.178 e. The van der Waals surface area contributed by atoms with Crippen molar-refractivity contribution >= 4 is 23.6 Å². The predicted octanol–water partition coefficient (Wildman–Crippen LogP) is 4.86. The molecule has 2 aromatic carbocycles. The molecule has 5 rings (SSSR count). The Morgan fingerprint density at radius 1 is 0.909 bits per heavy atom. The number of aromatic amines is 1. The summed E-state index contributed by atoms with van der Waals surface area (Å²) in [4.78, 5) is 17.7. The number of halogens is 1. The van der Waals surface area contributed by atoms with Crippen LogP contribution in [0.4, 0.5) is 0 Å². The lowest BCUT2D eigenvalue weighted by Crippen LogP contribution is -2.43. The van der Waals surface area contributed by atoms with Gasteiger partial charge in [0.25, 0.3) is 0 Å². The molecule has 6 nitrogen and oxygen atoms in total. The second-order valence-corrected chi connectivity index (χ2v) is 8.38. The zero-order chi connectivity index (χ0) is 21.9. The Bertz CT molecular complexity index is 1180. The van der Waals surface area contributed by atoms with Crippen LogP contribution in [0.2, 0.25) is 0 Å². The molecule has 0 radical (unpaired) electrons. The van der Waals surface area contributed by atoms with Crippen LogP contribution in [0.1, 0.15) is 12.5 Å². The number of hydrogen-bond acceptors (Lipinski definition) is 5. The molecular formula is C26H30ClN5O. The van der Waals surface area contributed by atoms with Crippen molar-refractivity contribution in [1.29, 1.82) is 0 Å². The number of pyridine rings is 1. The lowest BCUT2D eigenvalue weighted by Gasteiger charge is -2.32. The largest absolute Gasteiger partial charge is 0.494 e. The molecule has 1 N–H and O–H groups in total. The van der Waals surface area contributed by atoms with E-state index in [0.29, 0.717) is 6.61 Å². The summed E-state index contributed by atoms with van der Waals surface area (Å²) in [6.45, 7) is 8.19. The number of nitrogens with one attached hydrogen (secondary N) is 1. The minimum Gasteiger partial charge on any atom is -0.494 e. The Morgan fingerprint density at radius 2 is 1.61 bits per heavy atom. The van der Waals surface area contributed by atoms with Crippen molar-refractivity contribution in [2.24, 2.45) is 0 Å². The molecule has 0 amide bonds. The third-order valence-electron chi connectivity index (χ3n) is 6.10. The van der Waals surface area contributed by atoms with Gasteiger partial charge in [-0.2, -0.15) is 0 Å². The topological polar surface area (TPSA) is 57.3 Å². The first kappa shape index (κ1) is 23.2. The molecular weight excluding hydrogens is 434 g/mol. The Morgan fingerprint density at radius 3 is 2.30 bits per heavy atom. The molecule has 0 saturated carbocycles. The fourth-order valence-electron chi connectivity index (χ4n) is 4.22. The number of hydrogen-bond donors (Lipinski definition) is 1. The van der Waals surface area contributed by atoms with Crippen LogP contribution in [-0.2, 0) is 6.54 Å². The van der Waals surface area contributed by atoms with Gasteiger partial charge >= 0.3 is 0 Å². The Kier molecular flexibility index (Phi) is 7.28. The van der Waals surface area contributed by atoms with Gasteiger partial charge in [0.15, 0.2) is 5.65 Å². The highest BCUT2D eigenvalue weighted by Crippen LogP contribution is 2.30. The maximum atomic E-state index is 5.57. The minimum absolute atomic E-state index is 0. The van der Waals surface area contributed by atoms with Crippen LogP contribution in [0.15, 0.2) is 60.8 Å². The zero-order valence-electron chi connectivity index (χ0n) is 19.1. The molecule has 1 aliphatic heterocycles. The van der Waals surface area contributed by atoms with Crippen LogP contribution in [0.3, 0.4) is 0 Å². The zero-order valence-corrected chi connectivity index (χ0v) is 19.9. The van der Waals surface area contributed by atoms with Crippen molar-refractivity contribution in [2.45, 2.75) is 13.5 Å². The van der Waals surface area contributed by atoms with Crippen LogP contribution in [0.5, 0.6) is 5.75 Å². The van der Waals surface area contributed by atoms with Gasteiger partial charge in [0.05, 0.1) is 12.1 Å². The molecule has 2 aromatic heterocycles. The number of fused-ring (bicyclic) bond motifs is 1. The van der Waals surface area contributed by atoms with Gasteiger partial charge in [-0.15, -0.1) is 12.4 Å². The van der Waals surface area contributed by atoms with Crippen molar-refractivity contribution in [3.8, 4) is 28.3 Å². The average Bonchev–Trinajstić information content (AvgIpc) is 3.26. The Labute approximate surface area is 201 Å². The molecule has 1 fully saturated rings. The van der Waals surface area contributed by atoms with E-state index in [2.05, 4.69) is 63.2 Å². The maximum absolute atomic E-state index is 5.57. The van der Waals surface area contributed by atoms with Gasteiger partial charge in [-0.05, 0) is 43.3 Å². The van der Waals surface area contributed by atoms with Gasteiger partial charge in [0, 0.05) is 50.0 Å². The van der Waals surface area contributed by atoms with E-state index in [1.807, 2.05) is 31.3 Å². The molecule has 4 aromatic rings. The summed E-state index contributed by atoms with van der Waals surface area (Å²) in [7, 11) is 2.19. The van der Waals surface area contributed by atoms with Crippen molar-refractivity contribution < 1.29 is 4.74 Å². The molecule has 7 heteroatoms. The molecule has 33 heavy (non-hydrogen) atoms. The predicted molar refractivity (Wildman–Crippen MR) is 136 cm³/mol. The lowest BCUT2D eigenvalue weighted by molar-refractivity contribution is 0.148. The summed E-state index contributed by atoms with van der Waals surface area (Å²) in [6, 6.07) is 18.9. The van der Waals surface area contributed by atoms with E-state index in [1.165, 1.54) is 5.56 Å². The molecule has 3 heterocycles. The third kappa shape index (κ3) is 5.19.